The first-order valence-corrected chi connectivity index (χ1v) is 7.62. The lowest BCUT2D eigenvalue weighted by molar-refractivity contribution is 0.0667. The Kier molecular flexibility index (Phi) is 4.98. The number of nitrogens with zero attached hydrogens (tertiary/aromatic N) is 2. The topological polar surface area (TPSA) is 69.2 Å². The van der Waals surface area contributed by atoms with E-state index in [9.17, 15) is 9.90 Å². The highest BCUT2D eigenvalue weighted by molar-refractivity contribution is 5.77. The van der Waals surface area contributed by atoms with Crippen LogP contribution < -0.4 is 5.56 Å². The molecule has 0 aliphatic carbocycles. The second kappa shape index (κ2) is 6.58. The van der Waals surface area contributed by atoms with Gasteiger partial charge in [-0.15, -0.1) is 0 Å². The average molecular weight is 303 g/mol. The van der Waals surface area contributed by atoms with Crippen molar-refractivity contribution < 1.29 is 5.11 Å². The summed E-state index contributed by atoms with van der Waals surface area (Å²) in [5.74, 6) is 0.682. The van der Waals surface area contributed by atoms with Crippen molar-refractivity contribution in [2.75, 3.05) is 20.2 Å². The van der Waals surface area contributed by atoms with E-state index in [2.05, 4.69) is 35.6 Å². The molecule has 2 rings (SSSR count). The van der Waals surface area contributed by atoms with Crippen LogP contribution in [-0.2, 0) is 6.42 Å². The van der Waals surface area contributed by atoms with Crippen LogP contribution in [0.2, 0.25) is 0 Å². The van der Waals surface area contributed by atoms with Gasteiger partial charge >= 0.3 is 0 Å². The fourth-order valence-electron chi connectivity index (χ4n) is 2.77. The summed E-state index contributed by atoms with van der Waals surface area (Å²) in [5.41, 5.74) is 0.615. The highest BCUT2D eigenvalue weighted by Crippen LogP contribution is 2.23. The molecule has 0 spiro atoms. The minimum Gasteiger partial charge on any atom is -0.395 e. The third-order valence-corrected chi connectivity index (χ3v) is 4.07. The first-order valence-electron chi connectivity index (χ1n) is 7.62. The van der Waals surface area contributed by atoms with E-state index in [1.807, 2.05) is 25.2 Å². The van der Waals surface area contributed by atoms with E-state index >= 15 is 0 Å². The molecule has 0 radical (unpaired) electrons. The highest BCUT2D eigenvalue weighted by atomic mass is 16.3. The van der Waals surface area contributed by atoms with Gasteiger partial charge in [0.1, 0.15) is 5.82 Å². The number of nitrogens with one attached hydrogen (secondary N) is 1. The van der Waals surface area contributed by atoms with E-state index in [0.29, 0.717) is 17.6 Å². The van der Waals surface area contributed by atoms with E-state index in [0.717, 1.165) is 12.1 Å². The summed E-state index contributed by atoms with van der Waals surface area (Å²) in [6.45, 7) is 7.17. The summed E-state index contributed by atoms with van der Waals surface area (Å²) in [5, 5.41) is 10.2. The van der Waals surface area contributed by atoms with Crippen LogP contribution in [0, 0.1) is 5.41 Å². The summed E-state index contributed by atoms with van der Waals surface area (Å²) in [6, 6.07) is 7.41. The average Bonchev–Trinajstić information content (AvgIpc) is 2.44. The van der Waals surface area contributed by atoms with E-state index in [1.54, 1.807) is 6.07 Å². The highest BCUT2D eigenvalue weighted by Gasteiger charge is 2.27. The number of aliphatic hydroxyl groups is 1. The molecular formula is C17H25N3O2. The Hall–Kier alpha value is -1.72. The predicted molar refractivity (Wildman–Crippen MR) is 89.0 cm³/mol. The zero-order valence-corrected chi connectivity index (χ0v) is 13.8. The van der Waals surface area contributed by atoms with Crippen LogP contribution in [0.5, 0.6) is 0 Å². The Bertz CT molecular complexity index is 688. The first kappa shape index (κ1) is 16.6. The zero-order chi connectivity index (χ0) is 16.3. The quantitative estimate of drug-likeness (QED) is 0.884. The molecule has 1 atom stereocenters. The lowest BCUT2D eigenvalue weighted by atomic mass is 9.86. The molecule has 0 amide bonds. The molecule has 1 heterocycles. The molecule has 1 unspecified atom stereocenters. The van der Waals surface area contributed by atoms with Crippen LogP contribution in [0.3, 0.4) is 0 Å². The van der Waals surface area contributed by atoms with Gasteiger partial charge in [0.15, 0.2) is 0 Å². The Morgan fingerprint density at radius 1 is 1.32 bits per heavy atom. The van der Waals surface area contributed by atoms with Crippen LogP contribution in [-0.4, -0.2) is 46.2 Å². The van der Waals surface area contributed by atoms with Crippen molar-refractivity contribution in [1.29, 1.82) is 0 Å². The molecule has 0 saturated heterocycles. The lowest BCUT2D eigenvalue weighted by Crippen LogP contribution is -2.45. The number of likely N-dealkylation sites (N-methyl/N-ethyl adjacent to an activating group) is 1. The Morgan fingerprint density at radius 2 is 2.00 bits per heavy atom. The number of aliphatic hydroxyl groups excluding tert-OH is 1. The van der Waals surface area contributed by atoms with Crippen molar-refractivity contribution >= 4 is 10.9 Å². The van der Waals surface area contributed by atoms with Gasteiger partial charge in [-0.1, -0.05) is 32.9 Å². The molecule has 0 aliphatic heterocycles. The maximum absolute atomic E-state index is 12.0. The van der Waals surface area contributed by atoms with Crippen molar-refractivity contribution in [3.63, 3.8) is 0 Å². The van der Waals surface area contributed by atoms with Gasteiger partial charge in [-0.2, -0.15) is 0 Å². The Labute approximate surface area is 131 Å². The fraction of sp³-hybridized carbons (Fsp3) is 0.529. The number of benzene rings is 1. The minimum atomic E-state index is -0.0993. The molecule has 2 N–H and O–H groups in total. The fourth-order valence-corrected chi connectivity index (χ4v) is 2.77. The third-order valence-electron chi connectivity index (χ3n) is 4.07. The second-order valence-electron chi connectivity index (χ2n) is 6.82. The van der Waals surface area contributed by atoms with Crippen LogP contribution in [0.15, 0.2) is 29.1 Å². The molecule has 0 fully saturated rings. The molecular weight excluding hydrogens is 278 g/mol. The molecule has 22 heavy (non-hydrogen) atoms. The van der Waals surface area contributed by atoms with Crippen LogP contribution >= 0.6 is 0 Å². The van der Waals surface area contributed by atoms with Crippen LogP contribution in [0.4, 0.5) is 0 Å². The van der Waals surface area contributed by atoms with E-state index in [4.69, 9.17) is 0 Å². The number of aromatic nitrogens is 2. The number of para-hydroxylation sites is 1. The maximum atomic E-state index is 12.0. The summed E-state index contributed by atoms with van der Waals surface area (Å²) in [7, 11) is 1.99. The van der Waals surface area contributed by atoms with E-state index in [-0.39, 0.29) is 23.6 Å². The largest absolute Gasteiger partial charge is 0.395 e. The number of aromatic amines is 1. The van der Waals surface area contributed by atoms with Crippen molar-refractivity contribution in [3.8, 4) is 0 Å². The van der Waals surface area contributed by atoms with E-state index < -0.39 is 0 Å². The standard InChI is InChI=1S/C17H25N3O2/c1-17(2,3)14(11-21)20(4)10-9-15-18-13-8-6-5-7-12(13)16(22)19-15/h5-8,14,21H,9-11H2,1-4H3,(H,18,19,22). The summed E-state index contributed by atoms with van der Waals surface area (Å²) in [6.07, 6.45) is 0.642. The molecule has 0 saturated carbocycles. The minimum absolute atomic E-state index is 0.00623. The van der Waals surface area contributed by atoms with Gasteiger partial charge in [-0.05, 0) is 24.6 Å². The molecule has 0 bridgehead atoms. The maximum Gasteiger partial charge on any atom is 0.258 e. The molecule has 120 valence electrons. The lowest BCUT2D eigenvalue weighted by Gasteiger charge is -2.36. The normalized spacial score (nSPS) is 13.7. The van der Waals surface area contributed by atoms with E-state index in [1.165, 1.54) is 0 Å². The summed E-state index contributed by atoms with van der Waals surface area (Å²) < 4.78 is 0. The van der Waals surface area contributed by atoms with Gasteiger partial charge < -0.3 is 15.0 Å². The van der Waals surface area contributed by atoms with Crippen LogP contribution in [0.1, 0.15) is 26.6 Å². The number of H-pyrrole nitrogens is 1. The predicted octanol–water partition coefficient (Wildman–Crippen LogP) is 1.80. The monoisotopic (exact) mass is 303 g/mol. The molecule has 1 aromatic carbocycles. The van der Waals surface area contributed by atoms with Crippen molar-refractivity contribution in [3.05, 3.63) is 40.4 Å². The van der Waals surface area contributed by atoms with Gasteiger partial charge in [-0.3, -0.25) is 4.79 Å². The summed E-state index contributed by atoms with van der Waals surface area (Å²) in [4.78, 5) is 21.5. The van der Waals surface area contributed by atoms with Crippen molar-refractivity contribution in [2.45, 2.75) is 33.2 Å². The SMILES string of the molecule is CN(CCc1nc2ccccc2c(=O)[nH]1)C(CO)C(C)(C)C. The number of hydrogen-bond acceptors (Lipinski definition) is 4. The molecule has 5 nitrogen and oxygen atoms in total. The van der Waals surface area contributed by atoms with Gasteiger partial charge in [0.2, 0.25) is 0 Å². The van der Waals surface area contributed by atoms with Gasteiger partial charge in [0.25, 0.3) is 5.56 Å². The molecule has 0 aliphatic rings. The molecule has 5 heteroatoms. The van der Waals surface area contributed by atoms with Gasteiger partial charge in [0, 0.05) is 19.0 Å². The number of hydrogen-bond donors (Lipinski definition) is 2. The van der Waals surface area contributed by atoms with Gasteiger partial charge in [-0.25, -0.2) is 4.98 Å². The second-order valence-corrected chi connectivity index (χ2v) is 6.82. The van der Waals surface area contributed by atoms with Crippen LogP contribution in [0.25, 0.3) is 10.9 Å². The van der Waals surface area contributed by atoms with Gasteiger partial charge in [0.05, 0.1) is 17.5 Å². The van der Waals surface area contributed by atoms with Crippen molar-refractivity contribution in [1.82, 2.24) is 14.9 Å². The Balaban J connectivity index is 2.13. The Morgan fingerprint density at radius 3 is 2.64 bits per heavy atom. The first-order chi connectivity index (χ1) is 10.3. The zero-order valence-electron chi connectivity index (χ0n) is 13.8. The molecule has 2 aromatic rings. The number of rotatable bonds is 5. The molecule has 1 aromatic heterocycles. The number of fused-ring (bicyclic) bond motifs is 1. The third kappa shape index (κ3) is 3.72. The van der Waals surface area contributed by atoms with Crippen molar-refractivity contribution in [2.24, 2.45) is 5.41 Å². The smallest absolute Gasteiger partial charge is 0.258 e. The summed E-state index contributed by atoms with van der Waals surface area (Å²) >= 11 is 0.